The molecule has 0 unspecified atom stereocenters. The lowest BCUT2D eigenvalue weighted by Crippen LogP contribution is -1.86. The van der Waals surface area contributed by atoms with Crippen LogP contribution in [0.4, 0.5) is 0 Å². The number of aryl methyl sites for hydroxylation is 3. The minimum absolute atomic E-state index is 0.606. The fourth-order valence-electron chi connectivity index (χ4n) is 4.84. The summed E-state index contributed by atoms with van der Waals surface area (Å²) in [7, 11) is 0. The summed E-state index contributed by atoms with van der Waals surface area (Å²) in [5.41, 5.74) is 9.34. The maximum atomic E-state index is 4.61. The SMILES string of the molecule is Cc1cc2c(cn1)-c1cccc3cccc-2c13.Cc1ccc2ccc3cccnc3c2n1.Cc1nnco1. The maximum absolute atomic E-state index is 4.61. The molecule has 0 aliphatic heterocycles. The highest BCUT2D eigenvalue weighted by Crippen LogP contribution is 2.46. The topological polar surface area (TPSA) is 77.6 Å². The molecule has 0 saturated heterocycles. The highest BCUT2D eigenvalue weighted by molar-refractivity contribution is 6.15. The van der Waals surface area contributed by atoms with E-state index in [1.54, 1.807) is 6.92 Å². The van der Waals surface area contributed by atoms with Gasteiger partial charge in [0.15, 0.2) is 0 Å². The third-order valence-corrected chi connectivity index (χ3v) is 6.57. The van der Waals surface area contributed by atoms with Crippen LogP contribution in [0.2, 0.25) is 0 Å². The predicted octanol–water partition coefficient (Wildman–Crippen LogP) is 7.66. The first kappa shape index (κ1) is 23.4. The molecule has 7 aromatic rings. The van der Waals surface area contributed by atoms with E-state index in [-0.39, 0.29) is 0 Å². The number of pyridine rings is 3. The number of rotatable bonds is 0. The molecule has 0 bridgehead atoms. The first-order valence-corrected chi connectivity index (χ1v) is 12.4. The van der Waals surface area contributed by atoms with Crippen LogP contribution in [0, 0.1) is 20.8 Å². The minimum atomic E-state index is 0.606. The molecule has 6 heteroatoms. The monoisotopic (exact) mass is 495 g/mol. The van der Waals surface area contributed by atoms with E-state index >= 15 is 0 Å². The molecule has 0 atom stereocenters. The number of hydrogen-bond acceptors (Lipinski definition) is 6. The van der Waals surface area contributed by atoms with Gasteiger partial charge in [0.1, 0.15) is 0 Å². The van der Waals surface area contributed by atoms with Gasteiger partial charge in [-0.15, -0.1) is 10.2 Å². The van der Waals surface area contributed by atoms with Gasteiger partial charge < -0.3 is 4.42 Å². The lowest BCUT2D eigenvalue weighted by Gasteiger charge is -2.02. The molecule has 0 spiro atoms. The summed E-state index contributed by atoms with van der Waals surface area (Å²) >= 11 is 0. The maximum Gasteiger partial charge on any atom is 0.213 e. The van der Waals surface area contributed by atoms with Crippen molar-refractivity contribution in [3.8, 4) is 22.3 Å². The Bertz CT molecular complexity index is 1910. The molecular formula is C32H25N5O. The summed E-state index contributed by atoms with van der Waals surface area (Å²) in [5.74, 6) is 0.606. The van der Waals surface area contributed by atoms with Crippen molar-refractivity contribution >= 4 is 32.6 Å². The number of nitrogens with zero attached hydrogens (tertiary/aromatic N) is 5. The fourth-order valence-corrected chi connectivity index (χ4v) is 4.84. The van der Waals surface area contributed by atoms with Gasteiger partial charge >= 0.3 is 0 Å². The van der Waals surface area contributed by atoms with Gasteiger partial charge in [-0.05, 0) is 59.5 Å². The van der Waals surface area contributed by atoms with Crippen molar-refractivity contribution in [1.29, 1.82) is 0 Å². The largest absolute Gasteiger partial charge is 0.428 e. The first-order valence-electron chi connectivity index (χ1n) is 12.4. The van der Waals surface area contributed by atoms with E-state index in [1.165, 1.54) is 39.4 Å². The zero-order valence-corrected chi connectivity index (χ0v) is 21.4. The molecule has 3 aromatic carbocycles. The highest BCUT2D eigenvalue weighted by Gasteiger charge is 2.20. The lowest BCUT2D eigenvalue weighted by molar-refractivity contribution is 0.518. The van der Waals surface area contributed by atoms with Gasteiger partial charge in [0.05, 0.1) is 11.0 Å². The minimum Gasteiger partial charge on any atom is -0.428 e. The van der Waals surface area contributed by atoms with Crippen LogP contribution < -0.4 is 0 Å². The Hall–Kier alpha value is -4.97. The summed E-state index contributed by atoms with van der Waals surface area (Å²) in [5, 5.41) is 11.9. The van der Waals surface area contributed by atoms with Crippen LogP contribution in [0.1, 0.15) is 17.3 Å². The van der Waals surface area contributed by atoms with Crippen molar-refractivity contribution in [2.75, 3.05) is 0 Å². The third kappa shape index (κ3) is 4.37. The first-order chi connectivity index (χ1) is 18.6. The highest BCUT2D eigenvalue weighted by atomic mass is 16.4. The average molecular weight is 496 g/mol. The molecule has 0 saturated carbocycles. The van der Waals surface area contributed by atoms with Crippen molar-refractivity contribution in [2.24, 2.45) is 0 Å². The molecule has 38 heavy (non-hydrogen) atoms. The Morgan fingerprint density at radius 2 is 1.32 bits per heavy atom. The fraction of sp³-hybridized carbons (Fsp3) is 0.0938. The summed E-state index contributed by atoms with van der Waals surface area (Å²) in [4.78, 5) is 13.4. The summed E-state index contributed by atoms with van der Waals surface area (Å²) in [6.07, 6.45) is 5.11. The molecule has 0 radical (unpaired) electrons. The van der Waals surface area contributed by atoms with Gasteiger partial charge in [-0.3, -0.25) is 15.0 Å². The third-order valence-electron chi connectivity index (χ3n) is 6.57. The Kier molecular flexibility index (Phi) is 6.06. The molecular weight excluding hydrogens is 470 g/mol. The van der Waals surface area contributed by atoms with Crippen LogP contribution in [0.3, 0.4) is 0 Å². The van der Waals surface area contributed by atoms with Crippen molar-refractivity contribution in [2.45, 2.75) is 20.8 Å². The molecule has 8 rings (SSSR count). The van der Waals surface area contributed by atoms with E-state index < -0.39 is 0 Å². The molecule has 1 aliphatic rings. The lowest BCUT2D eigenvalue weighted by atomic mass is 10.0. The number of aromatic nitrogens is 5. The van der Waals surface area contributed by atoms with Gasteiger partial charge in [-0.25, -0.2) is 0 Å². The van der Waals surface area contributed by atoms with E-state index in [0.29, 0.717) is 5.89 Å². The Balaban J connectivity index is 0.000000115. The molecule has 0 amide bonds. The summed E-state index contributed by atoms with van der Waals surface area (Å²) in [6, 6.07) is 27.5. The van der Waals surface area contributed by atoms with Gasteiger partial charge in [-0.1, -0.05) is 60.7 Å². The zero-order valence-electron chi connectivity index (χ0n) is 21.4. The zero-order chi connectivity index (χ0) is 26.1. The average Bonchev–Trinajstić information content (AvgIpc) is 3.55. The van der Waals surface area contributed by atoms with Gasteiger partial charge in [-0.2, -0.15) is 0 Å². The van der Waals surface area contributed by atoms with Gasteiger partial charge in [0, 0.05) is 47.0 Å². The Morgan fingerprint density at radius 1 is 0.605 bits per heavy atom. The Morgan fingerprint density at radius 3 is 2.03 bits per heavy atom. The summed E-state index contributed by atoms with van der Waals surface area (Å²) < 4.78 is 4.61. The molecule has 6 nitrogen and oxygen atoms in total. The smallest absolute Gasteiger partial charge is 0.213 e. The molecule has 184 valence electrons. The van der Waals surface area contributed by atoms with E-state index in [2.05, 4.69) is 96.3 Å². The van der Waals surface area contributed by atoms with E-state index in [0.717, 1.165) is 33.2 Å². The van der Waals surface area contributed by atoms with Gasteiger partial charge in [0.25, 0.3) is 0 Å². The predicted molar refractivity (Wildman–Crippen MR) is 152 cm³/mol. The van der Waals surface area contributed by atoms with Crippen LogP contribution in [0.15, 0.2) is 102 Å². The second-order valence-corrected chi connectivity index (χ2v) is 9.20. The molecule has 4 heterocycles. The normalized spacial score (nSPS) is 11.0. The second kappa shape index (κ2) is 9.82. The standard InChI is InChI=1S/C16H11N.C13H10N2.C3H4N2O/c1-10-8-14-12-6-2-4-11-5-3-7-13(16(11)12)15(14)9-17-10;1-9-4-5-11-7-6-10-3-2-8-14-12(10)13(11)15-9;1-3-5-4-2-6-3/h2-9H,1H3;2-8H,1H3;2H,1H3. The van der Waals surface area contributed by atoms with E-state index in [1.807, 2.05) is 38.4 Å². The van der Waals surface area contributed by atoms with Crippen molar-refractivity contribution in [3.63, 3.8) is 0 Å². The number of benzene rings is 3. The van der Waals surface area contributed by atoms with Crippen molar-refractivity contribution in [3.05, 3.63) is 115 Å². The number of hydrogen-bond donors (Lipinski definition) is 0. The van der Waals surface area contributed by atoms with E-state index in [4.69, 9.17) is 0 Å². The molecule has 0 N–H and O–H groups in total. The summed E-state index contributed by atoms with van der Waals surface area (Å²) in [6.45, 7) is 5.79. The van der Waals surface area contributed by atoms with Crippen LogP contribution in [-0.4, -0.2) is 25.1 Å². The van der Waals surface area contributed by atoms with Crippen LogP contribution >= 0.6 is 0 Å². The van der Waals surface area contributed by atoms with Crippen LogP contribution in [0.5, 0.6) is 0 Å². The van der Waals surface area contributed by atoms with Crippen molar-refractivity contribution < 1.29 is 4.42 Å². The van der Waals surface area contributed by atoms with Crippen molar-refractivity contribution in [1.82, 2.24) is 25.1 Å². The second-order valence-electron chi connectivity index (χ2n) is 9.20. The molecule has 1 aliphatic carbocycles. The molecule has 4 aromatic heterocycles. The van der Waals surface area contributed by atoms with Gasteiger partial charge in [0.2, 0.25) is 12.3 Å². The van der Waals surface area contributed by atoms with E-state index in [9.17, 15) is 0 Å². The quantitative estimate of drug-likeness (QED) is 0.201. The number of fused-ring (bicyclic) bond motifs is 6. The van der Waals surface area contributed by atoms with Crippen LogP contribution in [-0.2, 0) is 0 Å². The molecule has 0 fully saturated rings. The van der Waals surface area contributed by atoms with Crippen LogP contribution in [0.25, 0.3) is 54.8 Å². The Labute approximate surface area is 220 Å².